The second-order valence-corrected chi connectivity index (χ2v) is 2.75. The van der Waals surface area contributed by atoms with Crippen LogP contribution in [0.3, 0.4) is 0 Å². The molecule has 0 atom stereocenters. The van der Waals surface area contributed by atoms with E-state index >= 15 is 0 Å². The number of esters is 1. The summed E-state index contributed by atoms with van der Waals surface area (Å²) < 4.78 is 9.75. The summed E-state index contributed by atoms with van der Waals surface area (Å²) in [4.78, 5) is 10.5. The molecule has 0 aliphatic carbocycles. The Morgan fingerprint density at radius 2 is 2.36 bits per heavy atom. The van der Waals surface area contributed by atoms with Crippen molar-refractivity contribution in [2.75, 3.05) is 7.11 Å². The van der Waals surface area contributed by atoms with Crippen molar-refractivity contribution in [3.05, 3.63) is 11.4 Å². The first-order valence-corrected chi connectivity index (χ1v) is 3.92. The van der Waals surface area contributed by atoms with Crippen LogP contribution in [0.1, 0.15) is 6.92 Å². The Hall–Kier alpha value is -1.03. The van der Waals surface area contributed by atoms with Gasteiger partial charge in [0.2, 0.25) is 5.06 Å². The van der Waals surface area contributed by atoms with Gasteiger partial charge in [0.25, 0.3) is 0 Å². The van der Waals surface area contributed by atoms with Crippen LogP contribution in [0.15, 0.2) is 11.4 Å². The van der Waals surface area contributed by atoms with Gasteiger partial charge in [0.05, 0.1) is 7.11 Å². The quantitative estimate of drug-likeness (QED) is 0.637. The Balaban J connectivity index is 2.76. The second-order valence-electron chi connectivity index (χ2n) is 1.87. The predicted molar refractivity (Wildman–Crippen MR) is 42.2 cm³/mol. The minimum Gasteiger partial charge on any atom is -0.492 e. The van der Waals surface area contributed by atoms with Gasteiger partial charge in [-0.1, -0.05) is 0 Å². The maximum Gasteiger partial charge on any atom is 0.308 e. The fourth-order valence-corrected chi connectivity index (χ4v) is 1.39. The average Bonchev–Trinajstić information content (AvgIpc) is 2.34. The van der Waals surface area contributed by atoms with Crippen LogP contribution in [0, 0.1) is 0 Å². The van der Waals surface area contributed by atoms with Crippen LogP contribution >= 0.6 is 11.3 Å². The minimum atomic E-state index is -0.328. The molecule has 4 heteroatoms. The lowest BCUT2D eigenvalue weighted by Crippen LogP contribution is -2.00. The molecule has 0 amide bonds. The third-order valence-corrected chi connectivity index (χ3v) is 1.82. The van der Waals surface area contributed by atoms with Gasteiger partial charge in [0.1, 0.15) is 0 Å². The summed E-state index contributed by atoms with van der Waals surface area (Å²) in [6.07, 6.45) is 0. The SMILES string of the molecule is COc1ccsc1OC(C)=O. The van der Waals surface area contributed by atoms with Crippen LogP contribution in [0.5, 0.6) is 10.8 Å². The lowest BCUT2D eigenvalue weighted by atomic mass is 10.6. The molecule has 60 valence electrons. The van der Waals surface area contributed by atoms with Gasteiger partial charge in [-0.2, -0.15) is 0 Å². The molecule has 0 radical (unpaired) electrons. The van der Waals surface area contributed by atoms with Crippen LogP contribution in [-0.4, -0.2) is 13.1 Å². The maximum atomic E-state index is 10.5. The molecule has 0 fully saturated rings. The van der Waals surface area contributed by atoms with Crippen molar-refractivity contribution >= 4 is 17.3 Å². The Labute approximate surface area is 68.6 Å². The van der Waals surface area contributed by atoms with Crippen LogP contribution < -0.4 is 9.47 Å². The molecular weight excluding hydrogens is 164 g/mol. The fraction of sp³-hybridized carbons (Fsp3) is 0.286. The number of carbonyl (C=O) groups is 1. The predicted octanol–water partition coefficient (Wildman–Crippen LogP) is 1.68. The zero-order chi connectivity index (χ0) is 8.27. The number of methoxy groups -OCH3 is 1. The molecule has 0 aromatic carbocycles. The van der Waals surface area contributed by atoms with E-state index < -0.39 is 0 Å². The number of hydrogen-bond acceptors (Lipinski definition) is 4. The number of rotatable bonds is 2. The average molecular weight is 172 g/mol. The first-order chi connectivity index (χ1) is 5.24. The molecule has 3 nitrogen and oxygen atoms in total. The maximum absolute atomic E-state index is 10.5. The molecule has 0 spiro atoms. The second kappa shape index (κ2) is 3.39. The highest BCUT2D eigenvalue weighted by atomic mass is 32.1. The van der Waals surface area contributed by atoms with E-state index in [1.54, 1.807) is 11.4 Å². The van der Waals surface area contributed by atoms with Crippen molar-refractivity contribution in [1.29, 1.82) is 0 Å². The van der Waals surface area contributed by atoms with Crippen molar-refractivity contribution in [3.8, 4) is 10.8 Å². The van der Waals surface area contributed by atoms with Crippen LogP contribution in [0.2, 0.25) is 0 Å². The van der Waals surface area contributed by atoms with Crippen LogP contribution in [0.4, 0.5) is 0 Å². The van der Waals surface area contributed by atoms with Crippen LogP contribution in [0.25, 0.3) is 0 Å². The zero-order valence-electron chi connectivity index (χ0n) is 6.29. The van der Waals surface area contributed by atoms with Gasteiger partial charge in [-0.05, 0) is 11.4 Å². The van der Waals surface area contributed by atoms with E-state index in [0.29, 0.717) is 10.8 Å². The van der Waals surface area contributed by atoms with Crippen molar-refractivity contribution in [2.45, 2.75) is 6.92 Å². The molecule has 0 saturated carbocycles. The standard InChI is InChI=1S/C7H8O3S/c1-5(8)10-7-6(9-2)3-4-11-7/h3-4H,1-2H3. The fourth-order valence-electron chi connectivity index (χ4n) is 0.640. The van der Waals surface area contributed by atoms with Gasteiger partial charge in [-0.15, -0.1) is 11.3 Å². The Morgan fingerprint density at radius 1 is 1.64 bits per heavy atom. The summed E-state index contributed by atoms with van der Waals surface area (Å²) in [5.74, 6) is 0.274. The molecule has 1 heterocycles. The first kappa shape index (κ1) is 8.07. The zero-order valence-corrected chi connectivity index (χ0v) is 7.10. The number of thiophene rings is 1. The topological polar surface area (TPSA) is 35.5 Å². The molecule has 1 aromatic heterocycles. The summed E-state index contributed by atoms with van der Waals surface area (Å²) >= 11 is 1.33. The molecule has 1 rings (SSSR count). The van der Waals surface area contributed by atoms with Crippen molar-refractivity contribution < 1.29 is 14.3 Å². The van der Waals surface area contributed by atoms with E-state index in [4.69, 9.17) is 9.47 Å². The highest BCUT2D eigenvalue weighted by molar-refractivity contribution is 7.12. The van der Waals surface area contributed by atoms with Gasteiger partial charge in [0, 0.05) is 6.92 Å². The molecule has 0 N–H and O–H groups in total. The third kappa shape index (κ3) is 1.94. The van der Waals surface area contributed by atoms with E-state index in [9.17, 15) is 4.79 Å². The molecule has 1 aromatic rings. The molecule has 0 aliphatic heterocycles. The molecule has 0 aliphatic rings. The van der Waals surface area contributed by atoms with Gasteiger partial charge in [-0.25, -0.2) is 0 Å². The van der Waals surface area contributed by atoms with Crippen molar-refractivity contribution in [3.63, 3.8) is 0 Å². The molecule has 0 saturated heterocycles. The molecule has 11 heavy (non-hydrogen) atoms. The van der Waals surface area contributed by atoms with Gasteiger partial charge in [0.15, 0.2) is 5.75 Å². The van der Waals surface area contributed by atoms with Crippen LogP contribution in [-0.2, 0) is 4.79 Å². The largest absolute Gasteiger partial charge is 0.492 e. The van der Waals surface area contributed by atoms with E-state index in [0.717, 1.165) is 0 Å². The highest BCUT2D eigenvalue weighted by Gasteiger charge is 2.06. The van der Waals surface area contributed by atoms with Gasteiger partial charge < -0.3 is 9.47 Å². The lowest BCUT2D eigenvalue weighted by Gasteiger charge is -1.99. The smallest absolute Gasteiger partial charge is 0.308 e. The molecule has 0 unspecified atom stereocenters. The number of carbonyl (C=O) groups excluding carboxylic acids is 1. The van der Waals surface area contributed by atoms with E-state index in [1.807, 2.05) is 0 Å². The van der Waals surface area contributed by atoms with Gasteiger partial charge in [-0.3, -0.25) is 4.79 Å². The summed E-state index contributed by atoms with van der Waals surface area (Å²) in [7, 11) is 1.54. The number of hydrogen-bond donors (Lipinski definition) is 0. The summed E-state index contributed by atoms with van der Waals surface area (Å²) in [6, 6.07) is 1.75. The molecule has 0 bridgehead atoms. The van der Waals surface area contributed by atoms with E-state index in [-0.39, 0.29) is 5.97 Å². The highest BCUT2D eigenvalue weighted by Crippen LogP contribution is 2.32. The lowest BCUT2D eigenvalue weighted by molar-refractivity contribution is -0.131. The Morgan fingerprint density at radius 3 is 2.91 bits per heavy atom. The van der Waals surface area contributed by atoms with Crippen molar-refractivity contribution in [1.82, 2.24) is 0 Å². The molecular formula is C7H8O3S. The summed E-state index contributed by atoms with van der Waals surface area (Å²) in [5, 5.41) is 2.32. The minimum absolute atomic E-state index is 0.328. The van der Waals surface area contributed by atoms with Gasteiger partial charge >= 0.3 is 5.97 Å². The summed E-state index contributed by atoms with van der Waals surface area (Å²) in [6.45, 7) is 1.36. The van der Waals surface area contributed by atoms with E-state index in [2.05, 4.69) is 0 Å². The number of ether oxygens (including phenoxy) is 2. The first-order valence-electron chi connectivity index (χ1n) is 3.04. The monoisotopic (exact) mass is 172 g/mol. The third-order valence-electron chi connectivity index (χ3n) is 1.05. The Bertz CT molecular complexity index is 254. The normalized spacial score (nSPS) is 9.27. The van der Waals surface area contributed by atoms with E-state index in [1.165, 1.54) is 25.4 Å². The summed E-state index contributed by atoms with van der Waals surface area (Å²) in [5.41, 5.74) is 0. The van der Waals surface area contributed by atoms with Crippen molar-refractivity contribution in [2.24, 2.45) is 0 Å². The Kier molecular flexibility index (Phi) is 2.48.